The molecule has 3 saturated heterocycles. The van der Waals surface area contributed by atoms with Crippen LogP contribution < -0.4 is 10.2 Å². The van der Waals surface area contributed by atoms with Gasteiger partial charge in [0.15, 0.2) is 0 Å². The molecule has 5 heterocycles. The summed E-state index contributed by atoms with van der Waals surface area (Å²) in [5.41, 5.74) is -0.506. The fourth-order valence-corrected chi connectivity index (χ4v) is 6.41. The molecule has 5 rings (SSSR count). The second kappa shape index (κ2) is 8.56. The molecule has 1 unspecified atom stereocenters. The van der Waals surface area contributed by atoms with Gasteiger partial charge in [-0.25, -0.2) is 9.78 Å². The van der Waals surface area contributed by atoms with E-state index in [1.807, 2.05) is 4.90 Å². The number of halogens is 3. The number of carbonyl (C=O) groups excluding carboxylic acids is 1. The van der Waals surface area contributed by atoms with Gasteiger partial charge in [-0.3, -0.25) is 9.69 Å². The van der Waals surface area contributed by atoms with Crippen LogP contribution in [-0.2, 0) is 6.18 Å². The van der Waals surface area contributed by atoms with Gasteiger partial charge in [-0.2, -0.15) is 13.2 Å². The summed E-state index contributed by atoms with van der Waals surface area (Å²) >= 11 is 0.886. The van der Waals surface area contributed by atoms with E-state index >= 15 is 0 Å². The summed E-state index contributed by atoms with van der Waals surface area (Å²) in [6, 6.07) is 1.78. The van der Waals surface area contributed by atoms with Crippen molar-refractivity contribution in [2.24, 2.45) is 5.92 Å². The highest BCUT2D eigenvalue weighted by Gasteiger charge is 2.45. The lowest BCUT2D eigenvalue weighted by atomic mass is 9.80. The van der Waals surface area contributed by atoms with Gasteiger partial charge in [0.05, 0.1) is 21.3 Å². The Labute approximate surface area is 198 Å². The Morgan fingerprint density at radius 1 is 1.18 bits per heavy atom. The quantitative estimate of drug-likeness (QED) is 0.674. The maximum Gasteiger partial charge on any atom is 0.417 e. The summed E-state index contributed by atoms with van der Waals surface area (Å²) < 4.78 is 41.5. The van der Waals surface area contributed by atoms with E-state index in [1.165, 1.54) is 17.3 Å². The minimum Gasteiger partial charge on any atom is -0.465 e. The Morgan fingerprint density at radius 3 is 2.44 bits per heavy atom. The van der Waals surface area contributed by atoms with Crippen LogP contribution in [0.25, 0.3) is 10.2 Å². The topological polar surface area (TPSA) is 89.0 Å². The Balaban J connectivity index is 1.31. The summed E-state index contributed by atoms with van der Waals surface area (Å²) in [7, 11) is 1.44. The molecular formula is C22H26F3N5O3S. The summed E-state index contributed by atoms with van der Waals surface area (Å²) in [6.07, 6.45) is -2.68. The van der Waals surface area contributed by atoms with Crippen LogP contribution in [0.3, 0.4) is 0 Å². The van der Waals surface area contributed by atoms with E-state index in [2.05, 4.69) is 15.2 Å². The molecule has 3 fully saturated rings. The van der Waals surface area contributed by atoms with Crippen molar-refractivity contribution in [1.82, 2.24) is 20.1 Å². The SMILES string of the molecule is CNC(=O)c1csc2c(C(F)(F)F)cc(N3CCC(C4CCN4C4CN(C(=O)O)C4)CC3)nc12. The van der Waals surface area contributed by atoms with Crippen molar-refractivity contribution in [1.29, 1.82) is 0 Å². The molecule has 2 aromatic heterocycles. The number of fused-ring (bicyclic) bond motifs is 1. The number of likely N-dealkylation sites (tertiary alicyclic amines) is 2. The highest BCUT2D eigenvalue weighted by Crippen LogP contribution is 2.41. The van der Waals surface area contributed by atoms with Crippen LogP contribution in [-0.4, -0.2) is 83.7 Å². The fourth-order valence-electron chi connectivity index (χ4n) is 5.39. The number of nitrogens with zero attached hydrogens (tertiary/aromatic N) is 4. The van der Waals surface area contributed by atoms with E-state index < -0.39 is 23.7 Å². The second-order valence-electron chi connectivity index (χ2n) is 9.19. The van der Waals surface area contributed by atoms with Crippen LogP contribution in [0.2, 0.25) is 0 Å². The number of carbonyl (C=O) groups is 2. The Kier molecular flexibility index (Phi) is 5.83. The molecule has 0 spiro atoms. The molecular weight excluding hydrogens is 471 g/mol. The van der Waals surface area contributed by atoms with Crippen LogP contribution in [0.15, 0.2) is 11.4 Å². The predicted octanol–water partition coefficient (Wildman–Crippen LogP) is 3.33. The van der Waals surface area contributed by atoms with Crippen molar-refractivity contribution in [3.8, 4) is 0 Å². The number of alkyl halides is 3. The summed E-state index contributed by atoms with van der Waals surface area (Å²) in [5.74, 6) is 0.228. The molecule has 1 atom stereocenters. The Morgan fingerprint density at radius 2 is 1.88 bits per heavy atom. The highest BCUT2D eigenvalue weighted by molar-refractivity contribution is 7.17. The molecule has 34 heavy (non-hydrogen) atoms. The Hall–Kier alpha value is -2.60. The van der Waals surface area contributed by atoms with E-state index in [0.717, 1.165) is 43.2 Å². The highest BCUT2D eigenvalue weighted by atomic mass is 32.1. The van der Waals surface area contributed by atoms with E-state index in [9.17, 15) is 22.8 Å². The van der Waals surface area contributed by atoms with Gasteiger partial charge in [0.1, 0.15) is 5.82 Å². The monoisotopic (exact) mass is 497 g/mol. The average molecular weight is 498 g/mol. The molecule has 8 nitrogen and oxygen atoms in total. The predicted molar refractivity (Wildman–Crippen MR) is 121 cm³/mol. The molecule has 0 aliphatic carbocycles. The number of aromatic nitrogens is 1. The number of hydrogen-bond donors (Lipinski definition) is 2. The van der Waals surface area contributed by atoms with Crippen LogP contribution in [0.5, 0.6) is 0 Å². The third-order valence-electron chi connectivity index (χ3n) is 7.40. The van der Waals surface area contributed by atoms with E-state index in [0.29, 0.717) is 38.1 Å². The fraction of sp³-hybridized carbons (Fsp3) is 0.591. The first-order chi connectivity index (χ1) is 16.2. The van der Waals surface area contributed by atoms with E-state index in [1.54, 1.807) is 0 Å². The van der Waals surface area contributed by atoms with Gasteiger partial charge >= 0.3 is 12.3 Å². The van der Waals surface area contributed by atoms with Gasteiger partial charge < -0.3 is 20.2 Å². The summed E-state index contributed by atoms with van der Waals surface area (Å²) in [4.78, 5) is 33.4. The lowest BCUT2D eigenvalue weighted by molar-refractivity contribution is -0.136. The molecule has 2 amide bonds. The minimum atomic E-state index is -4.54. The summed E-state index contributed by atoms with van der Waals surface area (Å²) in [6.45, 7) is 3.25. The normalized spacial score (nSPS) is 22.5. The zero-order valence-electron chi connectivity index (χ0n) is 18.6. The number of nitrogens with one attached hydrogen (secondary N) is 1. The van der Waals surface area contributed by atoms with E-state index in [4.69, 9.17) is 5.11 Å². The number of hydrogen-bond acceptors (Lipinski definition) is 6. The van der Waals surface area contributed by atoms with Crippen molar-refractivity contribution >= 4 is 39.4 Å². The molecule has 3 aliphatic heterocycles. The largest absolute Gasteiger partial charge is 0.465 e. The maximum atomic E-state index is 13.8. The van der Waals surface area contributed by atoms with Crippen LogP contribution in [0, 0.1) is 5.92 Å². The van der Waals surface area contributed by atoms with Gasteiger partial charge in [0.2, 0.25) is 0 Å². The molecule has 0 aromatic carbocycles. The molecule has 0 saturated carbocycles. The molecule has 2 N–H and O–H groups in total. The zero-order chi connectivity index (χ0) is 24.2. The van der Waals surface area contributed by atoms with Gasteiger partial charge in [0, 0.05) is 57.2 Å². The van der Waals surface area contributed by atoms with Crippen molar-refractivity contribution < 1.29 is 27.9 Å². The van der Waals surface area contributed by atoms with E-state index in [-0.39, 0.29) is 27.6 Å². The number of rotatable bonds is 4. The molecule has 0 bridgehead atoms. The smallest absolute Gasteiger partial charge is 0.417 e. The third-order valence-corrected chi connectivity index (χ3v) is 8.41. The first-order valence-electron chi connectivity index (χ1n) is 11.4. The first-order valence-corrected chi connectivity index (χ1v) is 12.3. The maximum absolute atomic E-state index is 13.8. The summed E-state index contributed by atoms with van der Waals surface area (Å²) in [5, 5.41) is 13.0. The number of pyridine rings is 1. The lowest BCUT2D eigenvalue weighted by Crippen LogP contribution is -2.68. The minimum absolute atomic E-state index is 0.0225. The van der Waals surface area contributed by atoms with Crippen LogP contribution in [0.1, 0.15) is 35.2 Å². The van der Waals surface area contributed by atoms with Crippen LogP contribution >= 0.6 is 11.3 Å². The van der Waals surface area contributed by atoms with Crippen molar-refractivity contribution in [2.75, 3.05) is 44.7 Å². The molecule has 2 aromatic rings. The van der Waals surface area contributed by atoms with Crippen molar-refractivity contribution in [3.05, 3.63) is 22.6 Å². The van der Waals surface area contributed by atoms with Crippen molar-refractivity contribution in [2.45, 2.75) is 37.5 Å². The van der Waals surface area contributed by atoms with Crippen molar-refractivity contribution in [3.63, 3.8) is 0 Å². The molecule has 0 radical (unpaired) electrons. The van der Waals surface area contributed by atoms with Gasteiger partial charge in [0.25, 0.3) is 5.91 Å². The van der Waals surface area contributed by atoms with Gasteiger partial charge in [-0.15, -0.1) is 11.3 Å². The number of amides is 2. The standard InChI is InChI=1S/C22H26F3N5O3S/c1-26-20(31)14-11-34-19-15(22(23,24)25)8-17(27-18(14)19)28-5-2-12(3-6-28)16-4-7-30(16)13-9-29(10-13)21(32)33/h8,11-13,16H,2-7,9-10H2,1H3,(H,26,31)(H,32,33). The zero-order valence-corrected chi connectivity index (χ0v) is 19.5. The first kappa shape index (κ1) is 23.2. The molecule has 12 heteroatoms. The molecule has 184 valence electrons. The number of thiophene rings is 1. The average Bonchev–Trinajstić information content (AvgIpc) is 3.17. The Bertz CT molecular complexity index is 1110. The van der Waals surface area contributed by atoms with Crippen LogP contribution in [0.4, 0.5) is 23.8 Å². The second-order valence-corrected chi connectivity index (χ2v) is 10.1. The number of carboxylic acid groups (broad SMARTS) is 1. The third kappa shape index (κ3) is 3.96. The lowest BCUT2D eigenvalue weighted by Gasteiger charge is -2.55. The number of anilines is 1. The molecule has 3 aliphatic rings. The van der Waals surface area contributed by atoms with Gasteiger partial charge in [-0.05, 0) is 31.2 Å². The number of piperidine rings is 1. The van der Waals surface area contributed by atoms with Gasteiger partial charge in [-0.1, -0.05) is 0 Å².